The molecule has 0 amide bonds. The number of para-hydroxylation sites is 1. The summed E-state index contributed by atoms with van der Waals surface area (Å²) in [5.41, 5.74) is 1.52. The largest absolute Gasteiger partial charge is 0.462 e. The van der Waals surface area contributed by atoms with Gasteiger partial charge in [0.05, 0.1) is 12.1 Å². The second kappa shape index (κ2) is 7.85. The Bertz CT molecular complexity index is 1190. The molecule has 0 spiro atoms. The fourth-order valence-electron chi connectivity index (χ4n) is 3.08. The van der Waals surface area contributed by atoms with Crippen molar-refractivity contribution in [2.24, 2.45) is 0 Å². The number of nitrogens with zero attached hydrogens (tertiary/aromatic N) is 2. The quantitative estimate of drug-likeness (QED) is 0.237. The lowest BCUT2D eigenvalue weighted by molar-refractivity contribution is 0.0531. The van der Waals surface area contributed by atoms with E-state index in [1.54, 1.807) is 13.0 Å². The number of carbonyl (C=O) groups excluding carboxylic acids is 1. The molecular formula is C21H17FN2O2S2. The zero-order valence-corrected chi connectivity index (χ0v) is 17.0. The molecule has 7 heteroatoms. The number of hydrogen-bond acceptors (Lipinski definition) is 6. The average molecular weight is 413 g/mol. The fraction of sp³-hybridized carbons (Fsp3) is 0.190. The van der Waals surface area contributed by atoms with Crippen LogP contribution in [0.25, 0.3) is 21.0 Å². The van der Waals surface area contributed by atoms with Gasteiger partial charge in [-0.15, -0.1) is 23.1 Å². The van der Waals surface area contributed by atoms with E-state index < -0.39 is 5.97 Å². The molecule has 0 N–H and O–H groups in total. The lowest BCUT2D eigenvalue weighted by Crippen LogP contribution is -2.05. The number of aromatic nitrogens is 2. The van der Waals surface area contributed by atoms with E-state index in [2.05, 4.69) is 9.97 Å². The predicted molar refractivity (Wildman–Crippen MR) is 112 cm³/mol. The first-order valence-corrected chi connectivity index (χ1v) is 10.6. The van der Waals surface area contributed by atoms with E-state index in [0.29, 0.717) is 27.4 Å². The molecule has 142 valence electrons. The summed E-state index contributed by atoms with van der Waals surface area (Å²) in [4.78, 5) is 21.9. The molecule has 0 aliphatic heterocycles. The highest BCUT2D eigenvalue weighted by Crippen LogP contribution is 2.38. The minimum Gasteiger partial charge on any atom is -0.462 e. The van der Waals surface area contributed by atoms with Crippen LogP contribution in [0.15, 0.2) is 47.5 Å². The highest BCUT2D eigenvalue weighted by molar-refractivity contribution is 7.98. The Labute approximate surface area is 169 Å². The van der Waals surface area contributed by atoms with Gasteiger partial charge in [-0.1, -0.05) is 24.3 Å². The number of fused-ring (bicyclic) bond motifs is 2. The molecule has 0 saturated heterocycles. The van der Waals surface area contributed by atoms with Crippen molar-refractivity contribution in [1.29, 1.82) is 0 Å². The summed E-state index contributed by atoms with van der Waals surface area (Å²) in [6.07, 6.45) is 0. The number of esters is 1. The minimum absolute atomic E-state index is 0.276. The van der Waals surface area contributed by atoms with Gasteiger partial charge < -0.3 is 4.74 Å². The lowest BCUT2D eigenvalue weighted by Gasteiger charge is -2.08. The van der Waals surface area contributed by atoms with Crippen LogP contribution in [0.3, 0.4) is 0 Å². The molecule has 4 nitrogen and oxygen atoms in total. The summed E-state index contributed by atoms with van der Waals surface area (Å²) in [6.45, 7) is 3.88. The molecule has 0 radical (unpaired) electrons. The minimum atomic E-state index is -0.414. The molecule has 0 atom stereocenters. The molecule has 0 saturated carbocycles. The van der Waals surface area contributed by atoms with E-state index in [-0.39, 0.29) is 12.4 Å². The van der Waals surface area contributed by atoms with Gasteiger partial charge in [0.15, 0.2) is 0 Å². The van der Waals surface area contributed by atoms with E-state index in [0.717, 1.165) is 20.6 Å². The van der Waals surface area contributed by atoms with Crippen LogP contribution in [0.2, 0.25) is 0 Å². The van der Waals surface area contributed by atoms with Gasteiger partial charge >= 0.3 is 5.97 Å². The first-order valence-electron chi connectivity index (χ1n) is 8.81. The molecular weight excluding hydrogens is 395 g/mol. The zero-order valence-electron chi connectivity index (χ0n) is 15.4. The van der Waals surface area contributed by atoms with Crippen LogP contribution in [0.1, 0.15) is 28.0 Å². The van der Waals surface area contributed by atoms with Crippen molar-refractivity contribution >= 4 is 50.1 Å². The van der Waals surface area contributed by atoms with Gasteiger partial charge in [0.2, 0.25) is 0 Å². The highest BCUT2D eigenvalue weighted by atomic mass is 32.2. The van der Waals surface area contributed by atoms with Gasteiger partial charge in [-0.25, -0.2) is 19.2 Å². The number of carbonyl (C=O) groups is 1. The number of benzene rings is 2. The molecule has 2 heterocycles. The summed E-state index contributed by atoms with van der Waals surface area (Å²) in [5.74, 6) is 0.342. The predicted octanol–water partition coefficient (Wildman–Crippen LogP) is 5.76. The Morgan fingerprint density at radius 1 is 1.18 bits per heavy atom. The second-order valence-corrected chi connectivity index (χ2v) is 8.14. The molecule has 0 unspecified atom stereocenters. The SMILES string of the molecule is CCOC(=O)c1sc2cccc(F)c2c1CSc1nc(C)nc2ccccc12. The Balaban J connectivity index is 1.78. The number of hydrogen-bond donors (Lipinski definition) is 0. The van der Waals surface area contributed by atoms with E-state index >= 15 is 0 Å². The van der Waals surface area contributed by atoms with Gasteiger partial charge in [0, 0.05) is 21.2 Å². The van der Waals surface area contributed by atoms with E-state index in [9.17, 15) is 9.18 Å². The maximum atomic E-state index is 14.6. The third-order valence-electron chi connectivity index (χ3n) is 4.26. The van der Waals surface area contributed by atoms with Gasteiger partial charge in [-0.05, 0) is 37.6 Å². The first kappa shape index (κ1) is 18.8. The Kier molecular flexibility index (Phi) is 5.28. The Hall–Kier alpha value is -2.51. The van der Waals surface area contributed by atoms with Crippen molar-refractivity contribution in [2.45, 2.75) is 24.6 Å². The zero-order chi connectivity index (χ0) is 19.7. The van der Waals surface area contributed by atoms with Crippen LogP contribution in [0.4, 0.5) is 4.39 Å². The van der Waals surface area contributed by atoms with Crippen molar-refractivity contribution in [3.8, 4) is 0 Å². The molecule has 2 aromatic carbocycles. The molecule has 4 aromatic rings. The number of halogens is 1. The van der Waals surface area contributed by atoms with Crippen molar-refractivity contribution in [3.05, 3.63) is 64.5 Å². The second-order valence-electron chi connectivity index (χ2n) is 6.12. The van der Waals surface area contributed by atoms with Gasteiger partial charge in [0.25, 0.3) is 0 Å². The summed E-state index contributed by atoms with van der Waals surface area (Å²) >= 11 is 2.74. The lowest BCUT2D eigenvalue weighted by atomic mass is 10.1. The maximum Gasteiger partial charge on any atom is 0.348 e. The van der Waals surface area contributed by atoms with Crippen LogP contribution in [0.5, 0.6) is 0 Å². The van der Waals surface area contributed by atoms with Gasteiger partial charge in [-0.2, -0.15) is 0 Å². The normalized spacial score (nSPS) is 11.2. The van der Waals surface area contributed by atoms with Crippen molar-refractivity contribution < 1.29 is 13.9 Å². The molecule has 0 fully saturated rings. The van der Waals surface area contributed by atoms with E-state index in [1.807, 2.05) is 37.3 Å². The van der Waals surface area contributed by atoms with Crippen LogP contribution < -0.4 is 0 Å². The number of aryl methyl sites for hydroxylation is 1. The van der Waals surface area contributed by atoms with Crippen LogP contribution >= 0.6 is 23.1 Å². The van der Waals surface area contributed by atoms with E-state index in [4.69, 9.17) is 4.74 Å². The summed E-state index contributed by atoms with van der Waals surface area (Å²) in [7, 11) is 0. The Morgan fingerprint density at radius 2 is 2.00 bits per heavy atom. The molecule has 28 heavy (non-hydrogen) atoms. The maximum absolute atomic E-state index is 14.6. The third-order valence-corrected chi connectivity index (χ3v) is 6.45. The van der Waals surface area contributed by atoms with Crippen LogP contribution in [-0.4, -0.2) is 22.5 Å². The molecule has 2 aromatic heterocycles. The van der Waals surface area contributed by atoms with Crippen molar-refractivity contribution in [3.63, 3.8) is 0 Å². The molecule has 0 aliphatic carbocycles. The van der Waals surface area contributed by atoms with Gasteiger partial charge in [0.1, 0.15) is 21.5 Å². The standard InChI is InChI=1S/C21H17FN2O2S2/c1-3-26-21(25)19-14(18-15(22)8-6-10-17(18)28-19)11-27-20-13-7-4-5-9-16(13)23-12(2)24-20/h4-10H,3,11H2,1-2H3. The number of thioether (sulfide) groups is 1. The Morgan fingerprint density at radius 3 is 2.82 bits per heavy atom. The van der Waals surface area contributed by atoms with Crippen LogP contribution in [0, 0.1) is 12.7 Å². The van der Waals surface area contributed by atoms with Crippen molar-refractivity contribution in [1.82, 2.24) is 9.97 Å². The average Bonchev–Trinajstić information content (AvgIpc) is 3.06. The number of ether oxygens (including phenoxy) is 1. The number of rotatable bonds is 5. The molecule has 0 aliphatic rings. The van der Waals surface area contributed by atoms with Crippen LogP contribution in [-0.2, 0) is 10.5 Å². The molecule has 4 rings (SSSR count). The molecule has 0 bridgehead atoms. The fourth-order valence-corrected chi connectivity index (χ4v) is 5.39. The smallest absolute Gasteiger partial charge is 0.348 e. The highest BCUT2D eigenvalue weighted by Gasteiger charge is 2.22. The third kappa shape index (κ3) is 3.47. The van der Waals surface area contributed by atoms with Gasteiger partial charge in [-0.3, -0.25) is 0 Å². The summed E-state index contributed by atoms with van der Waals surface area (Å²) < 4.78 is 20.5. The first-order chi connectivity index (χ1) is 13.6. The monoisotopic (exact) mass is 412 g/mol. The summed E-state index contributed by atoms with van der Waals surface area (Å²) in [5, 5.41) is 2.24. The number of thiophene rings is 1. The summed E-state index contributed by atoms with van der Waals surface area (Å²) in [6, 6.07) is 12.7. The van der Waals surface area contributed by atoms with Crippen molar-refractivity contribution in [2.75, 3.05) is 6.61 Å². The topological polar surface area (TPSA) is 52.1 Å². The van der Waals surface area contributed by atoms with E-state index in [1.165, 1.54) is 29.2 Å².